The van der Waals surface area contributed by atoms with E-state index >= 15 is 0 Å². The molecule has 1 amide bonds. The van der Waals surface area contributed by atoms with Crippen LogP contribution in [0.4, 0.5) is 27.6 Å². The zero-order valence-electron chi connectivity index (χ0n) is 11.0. The van der Waals surface area contributed by atoms with Crippen molar-refractivity contribution in [2.24, 2.45) is 5.73 Å². The summed E-state index contributed by atoms with van der Waals surface area (Å²) >= 11 is 0. The largest absolute Gasteiger partial charge is 0.490 e. The van der Waals surface area contributed by atoms with Gasteiger partial charge in [0, 0.05) is 29.7 Å². The Hall–Kier alpha value is -1.72. The van der Waals surface area contributed by atoms with E-state index < -0.39 is 36.2 Å². The van der Waals surface area contributed by atoms with Crippen molar-refractivity contribution in [3.63, 3.8) is 0 Å². The van der Waals surface area contributed by atoms with Gasteiger partial charge in [-0.3, -0.25) is 4.79 Å². The van der Waals surface area contributed by atoms with Gasteiger partial charge < -0.3 is 21.1 Å². The number of halogens is 5. The van der Waals surface area contributed by atoms with Gasteiger partial charge in [-0.05, 0) is 6.07 Å². The molecule has 22 heavy (non-hydrogen) atoms. The topological polar surface area (TPSA) is 95.6 Å². The predicted octanol–water partition coefficient (Wildman–Crippen LogP) is 0.308. The number of carbonyl (C=O) groups is 1. The number of amides is 1. The van der Waals surface area contributed by atoms with Crippen LogP contribution in [0.5, 0.6) is 0 Å². The van der Waals surface area contributed by atoms with Gasteiger partial charge in [0.05, 0.1) is 0 Å². The highest BCUT2D eigenvalue weighted by molar-refractivity contribution is 6.60. The van der Waals surface area contributed by atoms with Crippen molar-refractivity contribution in [2.75, 3.05) is 11.9 Å². The van der Waals surface area contributed by atoms with Crippen LogP contribution in [0.15, 0.2) is 18.2 Å². The van der Waals surface area contributed by atoms with E-state index in [0.717, 1.165) is 6.07 Å². The van der Waals surface area contributed by atoms with Gasteiger partial charge >= 0.3 is 19.2 Å². The number of hydrogen-bond acceptors (Lipinski definition) is 4. The van der Waals surface area contributed by atoms with Gasteiger partial charge in [0.2, 0.25) is 5.91 Å². The average Bonchev–Trinajstić information content (AvgIpc) is 2.37. The second-order valence-electron chi connectivity index (χ2n) is 4.33. The highest BCUT2D eigenvalue weighted by atomic mass is 19.4. The van der Waals surface area contributed by atoms with Crippen molar-refractivity contribution in [3.8, 4) is 0 Å². The zero-order valence-corrected chi connectivity index (χ0v) is 11.0. The number of nitrogens with two attached hydrogens (primary N) is 1. The van der Waals surface area contributed by atoms with Crippen molar-refractivity contribution < 1.29 is 36.8 Å². The minimum Gasteiger partial charge on any atom is -0.423 e. The Morgan fingerprint density at radius 2 is 1.82 bits per heavy atom. The molecule has 0 aliphatic carbocycles. The molecule has 0 saturated heterocycles. The van der Waals surface area contributed by atoms with E-state index in [1.165, 1.54) is 0 Å². The average molecular weight is 326 g/mol. The molecule has 122 valence electrons. The van der Waals surface area contributed by atoms with E-state index in [9.17, 15) is 26.7 Å². The summed E-state index contributed by atoms with van der Waals surface area (Å²) in [6, 6.07) is 1.45. The maximum Gasteiger partial charge on any atom is 0.490 e. The molecule has 0 saturated carbocycles. The Morgan fingerprint density at radius 3 is 2.27 bits per heavy atom. The van der Waals surface area contributed by atoms with Crippen molar-refractivity contribution in [1.82, 2.24) is 0 Å². The third kappa shape index (κ3) is 3.93. The van der Waals surface area contributed by atoms with E-state index in [1.807, 2.05) is 0 Å². The van der Waals surface area contributed by atoms with Crippen molar-refractivity contribution in [2.45, 2.75) is 18.5 Å². The molecule has 1 aromatic carbocycles. The molecule has 1 aromatic rings. The van der Waals surface area contributed by atoms with E-state index in [2.05, 4.69) is 5.32 Å². The second-order valence-corrected chi connectivity index (χ2v) is 4.33. The van der Waals surface area contributed by atoms with E-state index in [1.54, 1.807) is 0 Å². The molecule has 0 aliphatic rings. The smallest absolute Gasteiger partial charge is 0.423 e. The summed E-state index contributed by atoms with van der Waals surface area (Å²) in [5, 5.41) is 20.3. The van der Waals surface area contributed by atoms with Crippen LogP contribution in [0, 0.1) is 0 Å². The molecule has 0 unspecified atom stereocenters. The fourth-order valence-electron chi connectivity index (χ4n) is 1.59. The third-order valence-corrected chi connectivity index (χ3v) is 2.69. The molecule has 0 aromatic heterocycles. The van der Waals surface area contributed by atoms with Crippen LogP contribution in [0.1, 0.15) is 12.0 Å². The molecule has 0 spiro atoms. The Labute approximate surface area is 122 Å². The Balaban J connectivity index is 3.23. The molecule has 0 bridgehead atoms. The summed E-state index contributed by atoms with van der Waals surface area (Å²) in [5.41, 5.74) is 2.67. The second kappa shape index (κ2) is 6.59. The van der Waals surface area contributed by atoms with Gasteiger partial charge in [-0.25, -0.2) is 0 Å². The Morgan fingerprint density at radius 1 is 1.23 bits per heavy atom. The standard InChI is InChI=1S/C11H12BF5N2O3/c13-10(14,11(15,16)17)6-1-2-8(7(5-6)12(21)22)19-9(20)3-4-18/h1-2,5,21-22H,3-4,18H2,(H,19,20). The molecule has 0 radical (unpaired) electrons. The van der Waals surface area contributed by atoms with E-state index in [0.29, 0.717) is 6.07 Å². The van der Waals surface area contributed by atoms with E-state index in [-0.39, 0.29) is 24.7 Å². The number of alkyl halides is 5. The molecule has 0 heterocycles. The molecule has 0 fully saturated rings. The minimum absolute atomic E-state index is 0.0208. The van der Waals surface area contributed by atoms with Crippen LogP contribution in [0.25, 0.3) is 0 Å². The number of benzene rings is 1. The number of rotatable bonds is 5. The summed E-state index contributed by atoms with van der Waals surface area (Å²) in [6.07, 6.45) is -5.98. The van der Waals surface area contributed by atoms with Gasteiger partial charge in [-0.2, -0.15) is 22.0 Å². The molecule has 0 aliphatic heterocycles. The highest BCUT2D eigenvalue weighted by Gasteiger charge is 2.58. The van der Waals surface area contributed by atoms with Crippen LogP contribution in [-0.4, -0.2) is 35.8 Å². The Kier molecular flexibility index (Phi) is 5.49. The van der Waals surface area contributed by atoms with E-state index in [4.69, 9.17) is 15.8 Å². The number of carbonyl (C=O) groups excluding carboxylic acids is 1. The lowest BCUT2D eigenvalue weighted by molar-refractivity contribution is -0.289. The monoisotopic (exact) mass is 326 g/mol. The third-order valence-electron chi connectivity index (χ3n) is 2.69. The van der Waals surface area contributed by atoms with Crippen LogP contribution in [0.3, 0.4) is 0 Å². The number of nitrogens with one attached hydrogen (secondary N) is 1. The molecule has 11 heteroatoms. The Bertz CT molecular complexity index is 551. The molecular weight excluding hydrogens is 314 g/mol. The van der Waals surface area contributed by atoms with Gasteiger partial charge in [0.1, 0.15) is 0 Å². The molecule has 5 N–H and O–H groups in total. The van der Waals surface area contributed by atoms with Crippen LogP contribution < -0.4 is 16.5 Å². The first kappa shape index (κ1) is 18.3. The lowest BCUT2D eigenvalue weighted by atomic mass is 9.77. The maximum atomic E-state index is 13.2. The quantitative estimate of drug-likeness (QED) is 0.463. The first-order valence-corrected chi connectivity index (χ1v) is 5.95. The minimum atomic E-state index is -5.84. The summed E-state index contributed by atoms with van der Waals surface area (Å²) in [7, 11) is -2.35. The number of hydrogen-bond donors (Lipinski definition) is 4. The predicted molar refractivity (Wildman–Crippen MR) is 68.5 cm³/mol. The van der Waals surface area contributed by atoms with Crippen molar-refractivity contribution in [3.05, 3.63) is 23.8 Å². The summed E-state index contributed by atoms with van der Waals surface area (Å²) < 4.78 is 63.4. The maximum absolute atomic E-state index is 13.2. The highest BCUT2D eigenvalue weighted by Crippen LogP contribution is 2.43. The summed E-state index contributed by atoms with van der Waals surface area (Å²) in [4.78, 5) is 11.3. The zero-order chi connectivity index (χ0) is 17.1. The lowest BCUT2D eigenvalue weighted by Gasteiger charge is -2.21. The summed E-state index contributed by atoms with van der Waals surface area (Å²) in [6.45, 7) is -0.0208. The SMILES string of the molecule is NCCC(=O)Nc1ccc(C(F)(F)C(F)(F)F)cc1B(O)O. The van der Waals surface area contributed by atoms with Crippen LogP contribution >= 0.6 is 0 Å². The van der Waals surface area contributed by atoms with Crippen LogP contribution in [-0.2, 0) is 10.7 Å². The first-order valence-electron chi connectivity index (χ1n) is 5.95. The molecule has 5 nitrogen and oxygen atoms in total. The number of anilines is 1. The normalized spacial score (nSPS) is 12.2. The van der Waals surface area contributed by atoms with Gasteiger partial charge in [0.25, 0.3) is 0 Å². The molecule has 0 atom stereocenters. The first-order chi connectivity index (χ1) is 10.0. The fraction of sp³-hybridized carbons (Fsp3) is 0.364. The van der Waals surface area contributed by atoms with Gasteiger partial charge in [-0.15, -0.1) is 0 Å². The fourth-order valence-corrected chi connectivity index (χ4v) is 1.59. The lowest BCUT2D eigenvalue weighted by Crippen LogP contribution is -2.38. The molecular formula is C11H12BF5N2O3. The van der Waals surface area contributed by atoms with Gasteiger partial charge in [-0.1, -0.05) is 12.1 Å². The van der Waals surface area contributed by atoms with Crippen LogP contribution in [0.2, 0.25) is 0 Å². The van der Waals surface area contributed by atoms with Crippen molar-refractivity contribution in [1.29, 1.82) is 0 Å². The van der Waals surface area contributed by atoms with Crippen molar-refractivity contribution >= 4 is 24.2 Å². The summed E-state index contributed by atoms with van der Waals surface area (Å²) in [5.74, 6) is -5.82. The molecule has 1 rings (SSSR count). The van der Waals surface area contributed by atoms with Gasteiger partial charge in [0.15, 0.2) is 0 Å².